The van der Waals surface area contributed by atoms with Crippen molar-refractivity contribution < 1.29 is 9.69 Å². The van der Waals surface area contributed by atoms with Crippen LogP contribution in [-0.2, 0) is 4.79 Å². The number of benzene rings is 1. The Morgan fingerprint density at radius 2 is 1.88 bits per heavy atom. The minimum absolute atomic E-state index is 0.0322. The third kappa shape index (κ3) is 5.11. The molecular formula is C20H31ClN3O+. The summed E-state index contributed by atoms with van der Waals surface area (Å²) < 4.78 is 0. The smallest absolute Gasteiger partial charge is 0.278 e. The summed E-state index contributed by atoms with van der Waals surface area (Å²) in [6.07, 6.45) is 7.44. The molecule has 138 valence electrons. The van der Waals surface area contributed by atoms with Crippen molar-refractivity contribution in [1.82, 2.24) is 5.32 Å². The highest BCUT2D eigenvalue weighted by molar-refractivity contribution is 6.30. The first-order valence-corrected chi connectivity index (χ1v) is 10.2. The van der Waals surface area contributed by atoms with Gasteiger partial charge in [0.15, 0.2) is 6.04 Å². The molecule has 0 bridgehead atoms. The maximum absolute atomic E-state index is 12.7. The number of rotatable bonds is 4. The number of amides is 1. The quantitative estimate of drug-likeness (QED) is 0.804. The second-order valence-corrected chi connectivity index (χ2v) is 7.98. The lowest BCUT2D eigenvalue weighted by Crippen LogP contribution is -3.19. The Bertz CT molecular complexity index is 564. The molecule has 0 aromatic heterocycles. The molecule has 5 heteroatoms. The molecule has 2 fully saturated rings. The van der Waals surface area contributed by atoms with Crippen LogP contribution in [0.1, 0.15) is 45.4 Å². The van der Waals surface area contributed by atoms with Crippen LogP contribution in [0.4, 0.5) is 5.69 Å². The molecule has 2 N–H and O–H groups in total. The van der Waals surface area contributed by atoms with E-state index in [4.69, 9.17) is 11.6 Å². The lowest BCUT2D eigenvalue weighted by atomic mass is 10.1. The molecule has 1 saturated carbocycles. The topological polar surface area (TPSA) is 36.8 Å². The zero-order valence-electron chi connectivity index (χ0n) is 15.3. The largest absolute Gasteiger partial charge is 0.360 e. The summed E-state index contributed by atoms with van der Waals surface area (Å²) in [7, 11) is 0. The molecule has 1 heterocycles. The normalized spacial score (nSPS) is 21.6. The molecule has 1 amide bonds. The van der Waals surface area contributed by atoms with Gasteiger partial charge in [0.25, 0.3) is 5.91 Å². The van der Waals surface area contributed by atoms with E-state index in [1.165, 1.54) is 36.3 Å². The molecule has 0 spiro atoms. The van der Waals surface area contributed by atoms with Crippen LogP contribution in [0.15, 0.2) is 24.3 Å². The van der Waals surface area contributed by atoms with Crippen molar-refractivity contribution in [2.45, 2.75) is 57.5 Å². The minimum atomic E-state index is 0.0322. The number of anilines is 1. The van der Waals surface area contributed by atoms with Crippen LogP contribution in [-0.4, -0.2) is 44.2 Å². The molecule has 1 aromatic rings. The molecule has 1 aliphatic carbocycles. The molecule has 25 heavy (non-hydrogen) atoms. The van der Waals surface area contributed by atoms with E-state index < -0.39 is 0 Å². The van der Waals surface area contributed by atoms with E-state index in [1.54, 1.807) is 0 Å². The van der Waals surface area contributed by atoms with E-state index in [0.717, 1.165) is 44.0 Å². The third-order valence-electron chi connectivity index (χ3n) is 5.79. The van der Waals surface area contributed by atoms with Crippen molar-refractivity contribution in [1.29, 1.82) is 0 Å². The number of halogens is 1. The van der Waals surface area contributed by atoms with Crippen molar-refractivity contribution in [3.63, 3.8) is 0 Å². The minimum Gasteiger partial charge on any atom is -0.360 e. The summed E-state index contributed by atoms with van der Waals surface area (Å²) in [6.45, 7) is 6.00. The number of hydrogen-bond donors (Lipinski definition) is 2. The van der Waals surface area contributed by atoms with Crippen molar-refractivity contribution in [2.24, 2.45) is 0 Å². The van der Waals surface area contributed by atoms with Gasteiger partial charge in [0.2, 0.25) is 0 Å². The fraction of sp³-hybridized carbons (Fsp3) is 0.650. The van der Waals surface area contributed by atoms with Crippen LogP contribution in [0, 0.1) is 0 Å². The first kappa shape index (κ1) is 18.5. The van der Waals surface area contributed by atoms with E-state index in [1.807, 2.05) is 18.2 Å². The van der Waals surface area contributed by atoms with Gasteiger partial charge in [-0.05, 0) is 38.0 Å². The summed E-state index contributed by atoms with van der Waals surface area (Å²) in [5.74, 6) is 0.234. The van der Waals surface area contributed by atoms with Gasteiger partial charge in [-0.25, -0.2) is 0 Å². The van der Waals surface area contributed by atoms with Crippen LogP contribution in [0.25, 0.3) is 0 Å². The van der Waals surface area contributed by atoms with Gasteiger partial charge in [0, 0.05) is 16.8 Å². The molecule has 0 radical (unpaired) electrons. The number of quaternary nitrogens is 1. The van der Waals surface area contributed by atoms with Crippen LogP contribution in [0.2, 0.25) is 5.02 Å². The van der Waals surface area contributed by atoms with E-state index in [-0.39, 0.29) is 11.9 Å². The molecule has 1 aliphatic heterocycles. The Balaban J connectivity index is 1.48. The van der Waals surface area contributed by atoms with Crippen LogP contribution in [0.5, 0.6) is 0 Å². The number of nitrogens with one attached hydrogen (secondary N) is 2. The van der Waals surface area contributed by atoms with Gasteiger partial charge in [-0.1, -0.05) is 43.4 Å². The number of hydrogen-bond acceptors (Lipinski definition) is 2. The summed E-state index contributed by atoms with van der Waals surface area (Å²) in [4.78, 5) is 16.4. The number of nitrogens with zero attached hydrogens (tertiary/aromatic N) is 1. The van der Waals surface area contributed by atoms with Crippen LogP contribution >= 0.6 is 11.6 Å². The van der Waals surface area contributed by atoms with Gasteiger partial charge in [-0.3, -0.25) is 4.79 Å². The van der Waals surface area contributed by atoms with Crippen LogP contribution < -0.4 is 15.1 Å². The monoisotopic (exact) mass is 364 g/mol. The standard InChI is InChI=1S/C20H30ClN3O/c1-16(20(25)22-18-8-4-2-3-5-9-18)23-11-13-24(14-12-23)19-10-6-7-17(21)15-19/h6-7,10,15-16,18H,2-5,8-9,11-14H2,1H3,(H,22,25)/p+1/t16-/m0/s1. The first-order chi connectivity index (χ1) is 12.1. The fourth-order valence-electron chi connectivity index (χ4n) is 4.09. The Kier molecular flexibility index (Phi) is 6.60. The molecule has 1 aromatic carbocycles. The Morgan fingerprint density at radius 1 is 1.20 bits per heavy atom. The van der Waals surface area contributed by atoms with E-state index >= 15 is 0 Å². The molecule has 4 nitrogen and oxygen atoms in total. The zero-order chi connectivity index (χ0) is 17.6. The van der Waals surface area contributed by atoms with Crippen LogP contribution in [0.3, 0.4) is 0 Å². The molecular weight excluding hydrogens is 334 g/mol. The van der Waals surface area contributed by atoms with E-state index in [2.05, 4.69) is 23.2 Å². The fourth-order valence-corrected chi connectivity index (χ4v) is 4.28. The van der Waals surface area contributed by atoms with Crippen molar-refractivity contribution >= 4 is 23.2 Å². The maximum atomic E-state index is 12.7. The van der Waals surface area contributed by atoms with Gasteiger partial charge < -0.3 is 15.1 Å². The highest BCUT2D eigenvalue weighted by Gasteiger charge is 2.30. The molecule has 2 aliphatic rings. The Morgan fingerprint density at radius 3 is 2.52 bits per heavy atom. The summed E-state index contributed by atoms with van der Waals surface area (Å²) in [5, 5.41) is 4.10. The third-order valence-corrected chi connectivity index (χ3v) is 6.02. The highest BCUT2D eigenvalue weighted by atomic mass is 35.5. The van der Waals surface area contributed by atoms with E-state index in [9.17, 15) is 4.79 Å². The zero-order valence-corrected chi connectivity index (χ0v) is 16.0. The maximum Gasteiger partial charge on any atom is 0.278 e. The predicted octanol–water partition coefficient (Wildman–Crippen LogP) is 2.27. The van der Waals surface area contributed by atoms with Gasteiger partial charge in [-0.2, -0.15) is 0 Å². The number of piperazine rings is 1. The average molecular weight is 365 g/mol. The molecule has 1 atom stereocenters. The van der Waals surface area contributed by atoms with Crippen molar-refractivity contribution in [3.8, 4) is 0 Å². The number of carbonyl (C=O) groups excluding carboxylic acids is 1. The highest BCUT2D eigenvalue weighted by Crippen LogP contribution is 2.19. The molecule has 0 unspecified atom stereocenters. The van der Waals surface area contributed by atoms with Crippen molar-refractivity contribution in [3.05, 3.63) is 29.3 Å². The Hall–Kier alpha value is -1.26. The van der Waals surface area contributed by atoms with E-state index in [0.29, 0.717) is 6.04 Å². The van der Waals surface area contributed by atoms with Gasteiger partial charge >= 0.3 is 0 Å². The average Bonchev–Trinajstić information content (AvgIpc) is 2.90. The second kappa shape index (κ2) is 8.91. The molecule has 3 rings (SSSR count). The number of carbonyl (C=O) groups is 1. The summed E-state index contributed by atoms with van der Waals surface area (Å²) >= 11 is 6.10. The first-order valence-electron chi connectivity index (χ1n) is 9.79. The SMILES string of the molecule is C[C@@H](C(=O)NC1CCCCCC1)[NH+]1CCN(c2cccc(Cl)c2)CC1. The van der Waals surface area contributed by atoms with Gasteiger partial charge in [-0.15, -0.1) is 0 Å². The lowest BCUT2D eigenvalue weighted by Gasteiger charge is -2.36. The summed E-state index contributed by atoms with van der Waals surface area (Å²) in [6, 6.07) is 8.47. The van der Waals surface area contributed by atoms with Gasteiger partial charge in [0.1, 0.15) is 0 Å². The van der Waals surface area contributed by atoms with Crippen molar-refractivity contribution in [2.75, 3.05) is 31.1 Å². The predicted molar refractivity (Wildman–Crippen MR) is 103 cm³/mol. The summed E-state index contributed by atoms with van der Waals surface area (Å²) in [5.41, 5.74) is 1.18. The molecule has 1 saturated heterocycles. The van der Waals surface area contributed by atoms with Gasteiger partial charge in [0.05, 0.1) is 26.2 Å². The second-order valence-electron chi connectivity index (χ2n) is 7.54. The lowest BCUT2D eigenvalue weighted by molar-refractivity contribution is -0.914. The Labute approximate surface area is 156 Å².